The van der Waals surface area contributed by atoms with Gasteiger partial charge in [-0.2, -0.15) is 4.98 Å². The van der Waals surface area contributed by atoms with Crippen molar-refractivity contribution in [2.75, 3.05) is 31.6 Å². The summed E-state index contributed by atoms with van der Waals surface area (Å²) >= 11 is 0. The van der Waals surface area contributed by atoms with E-state index in [0.717, 1.165) is 25.5 Å². The Hall–Kier alpha value is -1.36. The molecule has 106 valence electrons. The molecule has 0 bridgehead atoms. The van der Waals surface area contributed by atoms with E-state index in [1.165, 1.54) is 12.8 Å². The van der Waals surface area contributed by atoms with Gasteiger partial charge in [0.2, 0.25) is 5.88 Å². The van der Waals surface area contributed by atoms with Crippen LogP contribution >= 0.6 is 0 Å². The van der Waals surface area contributed by atoms with Gasteiger partial charge in [-0.25, -0.2) is 0 Å². The Balaban J connectivity index is 1.95. The molecule has 1 fully saturated rings. The van der Waals surface area contributed by atoms with Crippen LogP contribution in [0.15, 0.2) is 12.4 Å². The molecule has 0 saturated carbocycles. The van der Waals surface area contributed by atoms with E-state index in [4.69, 9.17) is 4.74 Å². The summed E-state index contributed by atoms with van der Waals surface area (Å²) in [7, 11) is 2.07. The predicted octanol–water partition coefficient (Wildman–Crippen LogP) is 1.70. The van der Waals surface area contributed by atoms with E-state index in [1.54, 1.807) is 12.4 Å². The lowest BCUT2D eigenvalue weighted by molar-refractivity contribution is 0.231. The Morgan fingerprint density at radius 2 is 2.32 bits per heavy atom. The maximum atomic E-state index is 5.58. The van der Waals surface area contributed by atoms with Crippen LogP contribution in [0, 0.1) is 5.92 Å². The highest BCUT2D eigenvalue weighted by Gasteiger charge is 2.16. The molecule has 1 saturated heterocycles. The Bertz CT molecular complexity index is 391. The zero-order valence-electron chi connectivity index (χ0n) is 12.1. The second-order valence-electron chi connectivity index (χ2n) is 5.48. The molecule has 2 heterocycles. The van der Waals surface area contributed by atoms with Gasteiger partial charge in [-0.05, 0) is 45.7 Å². The summed E-state index contributed by atoms with van der Waals surface area (Å²) in [4.78, 5) is 10.9. The Labute approximate surface area is 115 Å². The number of nitrogens with one attached hydrogen (secondary N) is 1. The molecule has 2 rings (SSSR count). The maximum absolute atomic E-state index is 5.58. The fraction of sp³-hybridized carbons (Fsp3) is 0.714. The predicted molar refractivity (Wildman–Crippen MR) is 76.7 cm³/mol. The first-order valence-corrected chi connectivity index (χ1v) is 7.05. The number of anilines is 1. The zero-order chi connectivity index (χ0) is 13.7. The quantitative estimate of drug-likeness (QED) is 0.877. The van der Waals surface area contributed by atoms with Crippen molar-refractivity contribution >= 4 is 5.82 Å². The first kappa shape index (κ1) is 14.1. The van der Waals surface area contributed by atoms with Crippen LogP contribution in [0.25, 0.3) is 0 Å². The van der Waals surface area contributed by atoms with Crippen LogP contribution in [0.5, 0.6) is 5.88 Å². The first-order chi connectivity index (χ1) is 9.15. The van der Waals surface area contributed by atoms with Gasteiger partial charge in [0.15, 0.2) is 5.82 Å². The van der Waals surface area contributed by atoms with E-state index in [-0.39, 0.29) is 6.10 Å². The summed E-state index contributed by atoms with van der Waals surface area (Å²) in [6.45, 7) is 7.24. The first-order valence-electron chi connectivity index (χ1n) is 7.05. The minimum absolute atomic E-state index is 0.123. The van der Waals surface area contributed by atoms with Crippen molar-refractivity contribution in [3.63, 3.8) is 0 Å². The molecule has 0 radical (unpaired) electrons. The van der Waals surface area contributed by atoms with Crippen molar-refractivity contribution in [3.05, 3.63) is 12.4 Å². The third-order valence-corrected chi connectivity index (χ3v) is 3.28. The number of hydrogen-bond donors (Lipinski definition) is 1. The molecular weight excluding hydrogens is 240 g/mol. The minimum Gasteiger partial charge on any atom is -0.474 e. The lowest BCUT2D eigenvalue weighted by atomic mass is 9.99. The van der Waals surface area contributed by atoms with Gasteiger partial charge in [-0.15, -0.1) is 0 Å². The van der Waals surface area contributed by atoms with Gasteiger partial charge in [0, 0.05) is 13.6 Å². The van der Waals surface area contributed by atoms with E-state index < -0.39 is 0 Å². The summed E-state index contributed by atoms with van der Waals surface area (Å²) in [5, 5.41) is 3.44. The number of piperidine rings is 1. The van der Waals surface area contributed by atoms with Crippen molar-refractivity contribution in [2.24, 2.45) is 5.92 Å². The molecule has 19 heavy (non-hydrogen) atoms. The molecule has 1 aliphatic rings. The SMILES string of the molecule is CC(C)Oc1cncc(N(C)CC2CCCNC2)n1. The van der Waals surface area contributed by atoms with Gasteiger partial charge in [-0.3, -0.25) is 4.98 Å². The van der Waals surface area contributed by atoms with Crippen molar-refractivity contribution in [1.29, 1.82) is 0 Å². The maximum Gasteiger partial charge on any atom is 0.234 e. The molecule has 1 aromatic rings. The topological polar surface area (TPSA) is 50.3 Å². The van der Waals surface area contributed by atoms with Gasteiger partial charge in [-0.1, -0.05) is 0 Å². The molecular formula is C14H24N4O. The second kappa shape index (κ2) is 6.70. The Morgan fingerprint density at radius 1 is 1.47 bits per heavy atom. The molecule has 0 amide bonds. The van der Waals surface area contributed by atoms with Crippen LogP contribution in [0.3, 0.4) is 0 Å². The van der Waals surface area contributed by atoms with Crippen molar-refractivity contribution in [1.82, 2.24) is 15.3 Å². The second-order valence-corrected chi connectivity index (χ2v) is 5.48. The summed E-state index contributed by atoms with van der Waals surface area (Å²) in [5.74, 6) is 2.17. The molecule has 1 N–H and O–H groups in total. The summed E-state index contributed by atoms with van der Waals surface area (Å²) in [6, 6.07) is 0. The number of ether oxygens (including phenoxy) is 1. The molecule has 0 spiro atoms. The van der Waals surface area contributed by atoms with Gasteiger partial charge in [0.25, 0.3) is 0 Å². The molecule has 1 unspecified atom stereocenters. The van der Waals surface area contributed by atoms with Crippen LogP contribution in [0.4, 0.5) is 5.82 Å². The third-order valence-electron chi connectivity index (χ3n) is 3.28. The van der Waals surface area contributed by atoms with E-state index in [0.29, 0.717) is 11.8 Å². The molecule has 5 heteroatoms. The van der Waals surface area contributed by atoms with E-state index in [9.17, 15) is 0 Å². The number of aromatic nitrogens is 2. The lowest BCUT2D eigenvalue weighted by Crippen LogP contribution is -2.37. The van der Waals surface area contributed by atoms with Crippen molar-refractivity contribution < 1.29 is 4.74 Å². The average Bonchev–Trinajstić information content (AvgIpc) is 2.39. The zero-order valence-corrected chi connectivity index (χ0v) is 12.1. The van der Waals surface area contributed by atoms with Crippen molar-refractivity contribution in [3.8, 4) is 5.88 Å². The molecule has 0 aromatic carbocycles. The van der Waals surface area contributed by atoms with Crippen LogP contribution in [0.2, 0.25) is 0 Å². The molecule has 1 atom stereocenters. The highest BCUT2D eigenvalue weighted by Crippen LogP contribution is 2.17. The largest absolute Gasteiger partial charge is 0.474 e. The van der Waals surface area contributed by atoms with Crippen LogP contribution < -0.4 is 15.0 Å². The molecule has 1 aliphatic heterocycles. The van der Waals surface area contributed by atoms with Crippen LogP contribution in [-0.2, 0) is 0 Å². The normalized spacial score (nSPS) is 19.5. The number of hydrogen-bond acceptors (Lipinski definition) is 5. The van der Waals surface area contributed by atoms with E-state index >= 15 is 0 Å². The third kappa shape index (κ3) is 4.35. The van der Waals surface area contributed by atoms with Gasteiger partial charge >= 0.3 is 0 Å². The summed E-state index contributed by atoms with van der Waals surface area (Å²) < 4.78 is 5.58. The lowest BCUT2D eigenvalue weighted by Gasteiger charge is -2.28. The highest BCUT2D eigenvalue weighted by atomic mass is 16.5. The molecule has 1 aromatic heterocycles. The van der Waals surface area contributed by atoms with Crippen molar-refractivity contribution in [2.45, 2.75) is 32.8 Å². The van der Waals surface area contributed by atoms with Crippen LogP contribution in [-0.4, -0.2) is 42.8 Å². The fourth-order valence-electron chi connectivity index (χ4n) is 2.38. The smallest absolute Gasteiger partial charge is 0.234 e. The number of nitrogens with zero attached hydrogens (tertiary/aromatic N) is 3. The summed E-state index contributed by atoms with van der Waals surface area (Å²) in [5.41, 5.74) is 0. The van der Waals surface area contributed by atoms with Gasteiger partial charge in [0.1, 0.15) is 0 Å². The molecule has 5 nitrogen and oxygen atoms in total. The molecule has 0 aliphatic carbocycles. The van der Waals surface area contributed by atoms with Gasteiger partial charge < -0.3 is 15.0 Å². The monoisotopic (exact) mass is 264 g/mol. The number of rotatable bonds is 5. The highest BCUT2D eigenvalue weighted by molar-refractivity contribution is 5.36. The Morgan fingerprint density at radius 3 is 3.00 bits per heavy atom. The fourth-order valence-corrected chi connectivity index (χ4v) is 2.38. The van der Waals surface area contributed by atoms with E-state index in [2.05, 4.69) is 27.2 Å². The van der Waals surface area contributed by atoms with Gasteiger partial charge in [0.05, 0.1) is 18.5 Å². The Kier molecular flexibility index (Phi) is 4.96. The standard InChI is InChI=1S/C14H24N4O/c1-11(2)19-14-9-16-8-13(17-14)18(3)10-12-5-4-6-15-7-12/h8-9,11-12,15H,4-7,10H2,1-3H3. The summed E-state index contributed by atoms with van der Waals surface area (Å²) in [6.07, 6.45) is 6.13. The van der Waals surface area contributed by atoms with Crippen LogP contribution in [0.1, 0.15) is 26.7 Å². The van der Waals surface area contributed by atoms with E-state index in [1.807, 2.05) is 13.8 Å². The minimum atomic E-state index is 0.123. The average molecular weight is 264 g/mol.